The van der Waals surface area contributed by atoms with E-state index < -0.39 is 0 Å². The summed E-state index contributed by atoms with van der Waals surface area (Å²) in [4.78, 5) is 17.7. The van der Waals surface area contributed by atoms with Crippen LogP contribution in [0.4, 0.5) is 16.2 Å². The van der Waals surface area contributed by atoms with Gasteiger partial charge in [-0.15, -0.1) is 11.3 Å². The predicted molar refractivity (Wildman–Crippen MR) is 84.0 cm³/mol. The molecule has 1 N–H and O–H groups in total. The quantitative estimate of drug-likeness (QED) is 0.938. The Balaban J connectivity index is 1.75. The second-order valence-electron chi connectivity index (χ2n) is 4.97. The molecule has 0 spiro atoms. The van der Waals surface area contributed by atoms with E-state index in [0.717, 1.165) is 22.1 Å². The Bertz CT molecular complexity index is 656. The predicted octanol–water partition coefficient (Wildman–Crippen LogP) is 3.58. The summed E-state index contributed by atoms with van der Waals surface area (Å²) in [6, 6.07) is 7.91. The third kappa shape index (κ3) is 3.00. The van der Waals surface area contributed by atoms with E-state index in [9.17, 15) is 4.79 Å². The average Bonchev–Trinajstić information content (AvgIpc) is 3.08. The Labute approximate surface area is 127 Å². The number of aryl methyl sites for hydroxylation is 1. The first-order valence-corrected chi connectivity index (χ1v) is 7.74. The van der Waals surface area contributed by atoms with Crippen molar-refractivity contribution in [2.75, 3.05) is 23.4 Å². The lowest BCUT2D eigenvalue weighted by Crippen LogP contribution is -2.23. The summed E-state index contributed by atoms with van der Waals surface area (Å²) in [6.45, 7) is 5.12. The van der Waals surface area contributed by atoms with Crippen molar-refractivity contribution >= 4 is 28.8 Å². The zero-order valence-corrected chi connectivity index (χ0v) is 12.8. The van der Waals surface area contributed by atoms with Gasteiger partial charge in [-0.3, -0.25) is 4.90 Å². The van der Waals surface area contributed by atoms with Gasteiger partial charge in [-0.2, -0.15) is 0 Å². The van der Waals surface area contributed by atoms with Crippen LogP contribution in [0, 0.1) is 6.92 Å². The van der Waals surface area contributed by atoms with Gasteiger partial charge in [0.25, 0.3) is 0 Å². The number of thiazole rings is 1. The molecule has 21 heavy (non-hydrogen) atoms. The lowest BCUT2D eigenvalue weighted by Gasteiger charge is -2.17. The number of ether oxygens (including phenoxy) is 1. The van der Waals surface area contributed by atoms with Crippen LogP contribution < -0.4 is 10.2 Å². The van der Waals surface area contributed by atoms with Crippen LogP contribution in [0.3, 0.4) is 0 Å². The van der Waals surface area contributed by atoms with Gasteiger partial charge in [0.05, 0.1) is 23.3 Å². The first-order chi connectivity index (χ1) is 10.1. The van der Waals surface area contributed by atoms with Crippen molar-refractivity contribution in [3.8, 4) is 0 Å². The van der Waals surface area contributed by atoms with Crippen molar-refractivity contribution in [3.63, 3.8) is 0 Å². The highest BCUT2D eigenvalue weighted by atomic mass is 32.1. The molecule has 1 fully saturated rings. The summed E-state index contributed by atoms with van der Waals surface area (Å²) >= 11 is 1.65. The van der Waals surface area contributed by atoms with Gasteiger partial charge in [-0.25, -0.2) is 9.78 Å². The van der Waals surface area contributed by atoms with Crippen LogP contribution >= 0.6 is 11.3 Å². The maximum atomic E-state index is 11.6. The number of anilines is 2. The van der Waals surface area contributed by atoms with E-state index in [-0.39, 0.29) is 12.1 Å². The fourth-order valence-electron chi connectivity index (χ4n) is 2.29. The summed E-state index contributed by atoms with van der Waals surface area (Å²) in [5, 5.41) is 6.54. The van der Waals surface area contributed by atoms with Crippen LogP contribution in [0.2, 0.25) is 0 Å². The van der Waals surface area contributed by atoms with E-state index in [4.69, 9.17) is 4.74 Å². The van der Waals surface area contributed by atoms with E-state index in [1.54, 1.807) is 16.2 Å². The minimum atomic E-state index is -0.282. The zero-order valence-electron chi connectivity index (χ0n) is 12.0. The van der Waals surface area contributed by atoms with Crippen molar-refractivity contribution in [1.29, 1.82) is 0 Å². The number of rotatable bonds is 4. The van der Waals surface area contributed by atoms with Gasteiger partial charge >= 0.3 is 6.09 Å². The van der Waals surface area contributed by atoms with Gasteiger partial charge in [0.15, 0.2) is 0 Å². The lowest BCUT2D eigenvalue weighted by molar-refractivity contribution is 0.181. The van der Waals surface area contributed by atoms with Gasteiger partial charge in [-0.1, -0.05) is 6.07 Å². The number of aromatic nitrogens is 1. The molecule has 1 aromatic heterocycles. The van der Waals surface area contributed by atoms with Gasteiger partial charge in [0.2, 0.25) is 0 Å². The van der Waals surface area contributed by atoms with Crippen LogP contribution in [0.15, 0.2) is 29.6 Å². The summed E-state index contributed by atoms with van der Waals surface area (Å²) in [7, 11) is 0. The molecule has 0 bridgehead atoms. The molecule has 1 amide bonds. The number of carbonyl (C=O) groups is 1. The van der Waals surface area contributed by atoms with E-state index in [0.29, 0.717) is 13.2 Å². The van der Waals surface area contributed by atoms with E-state index in [2.05, 4.69) is 22.6 Å². The Morgan fingerprint density at radius 2 is 2.33 bits per heavy atom. The molecule has 2 heterocycles. The molecule has 3 rings (SSSR count). The molecule has 0 aliphatic carbocycles. The molecule has 0 radical (unpaired) electrons. The van der Waals surface area contributed by atoms with Gasteiger partial charge < -0.3 is 10.1 Å². The molecule has 1 saturated heterocycles. The Morgan fingerprint density at radius 1 is 1.48 bits per heavy atom. The molecule has 110 valence electrons. The van der Waals surface area contributed by atoms with Crippen molar-refractivity contribution < 1.29 is 9.53 Å². The molecule has 6 heteroatoms. The lowest BCUT2D eigenvalue weighted by atomic mass is 10.2. The van der Waals surface area contributed by atoms with E-state index in [1.807, 2.05) is 31.2 Å². The molecular formula is C15H17N3O2S. The molecule has 1 aromatic carbocycles. The Kier molecular flexibility index (Phi) is 3.79. The highest BCUT2D eigenvalue weighted by Crippen LogP contribution is 2.25. The number of amides is 1. The van der Waals surface area contributed by atoms with Crippen molar-refractivity contribution in [1.82, 2.24) is 4.98 Å². The fraction of sp³-hybridized carbons (Fsp3) is 0.333. The van der Waals surface area contributed by atoms with Crippen LogP contribution in [0.5, 0.6) is 0 Å². The SMILES string of the molecule is Cc1nc(C(C)Nc2cccc(N3CCOC3=O)c2)cs1. The average molecular weight is 303 g/mol. The smallest absolute Gasteiger partial charge is 0.414 e. The first kappa shape index (κ1) is 13.9. The number of nitrogens with zero attached hydrogens (tertiary/aromatic N) is 2. The van der Waals surface area contributed by atoms with Crippen molar-refractivity contribution in [2.24, 2.45) is 0 Å². The molecule has 1 aliphatic rings. The number of carbonyl (C=O) groups excluding carboxylic acids is 1. The molecule has 2 aromatic rings. The highest BCUT2D eigenvalue weighted by molar-refractivity contribution is 7.09. The summed E-state index contributed by atoms with van der Waals surface area (Å²) < 4.78 is 4.97. The first-order valence-electron chi connectivity index (χ1n) is 6.86. The molecule has 0 saturated carbocycles. The normalized spacial score (nSPS) is 15.9. The molecule has 5 nitrogen and oxygen atoms in total. The summed E-state index contributed by atoms with van der Waals surface area (Å²) in [6.07, 6.45) is -0.282. The molecule has 1 unspecified atom stereocenters. The van der Waals surface area contributed by atoms with Crippen molar-refractivity contribution in [2.45, 2.75) is 19.9 Å². The van der Waals surface area contributed by atoms with Crippen LogP contribution in [-0.2, 0) is 4.74 Å². The van der Waals surface area contributed by atoms with Gasteiger partial charge in [-0.05, 0) is 32.0 Å². The third-order valence-corrected chi connectivity index (χ3v) is 4.17. The molecular weight excluding hydrogens is 286 g/mol. The standard InChI is InChI=1S/C15H17N3O2S/c1-10(14-9-21-11(2)17-14)16-12-4-3-5-13(8-12)18-6-7-20-15(18)19/h3-5,8-10,16H,6-7H2,1-2H3. The number of cyclic esters (lactones) is 1. The highest BCUT2D eigenvalue weighted by Gasteiger charge is 2.23. The van der Waals surface area contributed by atoms with Crippen LogP contribution in [-0.4, -0.2) is 24.2 Å². The van der Waals surface area contributed by atoms with Crippen LogP contribution in [0.1, 0.15) is 23.7 Å². The minimum Gasteiger partial charge on any atom is -0.447 e. The Hall–Kier alpha value is -2.08. The monoisotopic (exact) mass is 303 g/mol. The number of nitrogens with one attached hydrogen (secondary N) is 1. The minimum absolute atomic E-state index is 0.121. The van der Waals surface area contributed by atoms with E-state index >= 15 is 0 Å². The van der Waals surface area contributed by atoms with E-state index in [1.165, 1.54) is 0 Å². The van der Waals surface area contributed by atoms with Crippen molar-refractivity contribution in [3.05, 3.63) is 40.3 Å². The topological polar surface area (TPSA) is 54.5 Å². The molecule has 1 aliphatic heterocycles. The molecule has 1 atom stereocenters. The fourth-order valence-corrected chi connectivity index (χ4v) is 3.00. The maximum Gasteiger partial charge on any atom is 0.414 e. The van der Waals surface area contributed by atoms with Gasteiger partial charge in [0, 0.05) is 16.8 Å². The summed E-state index contributed by atoms with van der Waals surface area (Å²) in [5.74, 6) is 0. The Morgan fingerprint density at radius 3 is 3.00 bits per heavy atom. The zero-order chi connectivity index (χ0) is 14.8. The second kappa shape index (κ2) is 5.73. The van der Waals surface area contributed by atoms with Crippen LogP contribution in [0.25, 0.3) is 0 Å². The number of hydrogen-bond acceptors (Lipinski definition) is 5. The van der Waals surface area contributed by atoms with Gasteiger partial charge in [0.1, 0.15) is 6.61 Å². The number of hydrogen-bond donors (Lipinski definition) is 1. The number of benzene rings is 1. The second-order valence-corrected chi connectivity index (χ2v) is 6.04. The largest absolute Gasteiger partial charge is 0.447 e. The third-order valence-electron chi connectivity index (χ3n) is 3.38. The maximum absolute atomic E-state index is 11.6. The summed E-state index contributed by atoms with van der Waals surface area (Å²) in [5.41, 5.74) is 2.85.